The van der Waals surface area contributed by atoms with Gasteiger partial charge in [0.1, 0.15) is 5.60 Å². The topological polar surface area (TPSA) is 94.5 Å². The number of carbonyl (C=O) groups is 2. The second-order valence-electron chi connectivity index (χ2n) is 9.26. The average molecular weight is 525 g/mol. The zero-order valence-corrected chi connectivity index (χ0v) is 21.6. The first kappa shape index (κ1) is 25.5. The summed E-state index contributed by atoms with van der Waals surface area (Å²) in [6, 6.07) is 19.4. The van der Waals surface area contributed by atoms with Crippen LogP contribution in [0, 0.1) is 0 Å². The Morgan fingerprint density at radius 3 is 2.36 bits per heavy atom. The van der Waals surface area contributed by atoms with E-state index in [1.807, 2.05) is 20.8 Å². The molecule has 1 aromatic heterocycles. The molecule has 9 heteroatoms. The van der Waals surface area contributed by atoms with E-state index in [0.717, 1.165) is 9.54 Å². The third-order valence-corrected chi connectivity index (χ3v) is 7.17. The molecule has 0 saturated heterocycles. The van der Waals surface area contributed by atoms with E-state index < -0.39 is 21.5 Å². The number of hydrogen-bond donors (Lipinski definition) is 1. The lowest BCUT2D eigenvalue weighted by molar-refractivity contribution is -0.153. The summed E-state index contributed by atoms with van der Waals surface area (Å²) in [5, 5.41) is 3.78. The van der Waals surface area contributed by atoms with Gasteiger partial charge in [-0.05, 0) is 74.9 Å². The normalized spacial score (nSPS) is 11.9. The Morgan fingerprint density at radius 1 is 0.972 bits per heavy atom. The molecule has 0 aliphatic heterocycles. The number of fused-ring (bicyclic) bond motifs is 1. The van der Waals surface area contributed by atoms with E-state index >= 15 is 0 Å². The zero-order valence-electron chi connectivity index (χ0n) is 20.0. The molecule has 186 valence electrons. The molecule has 1 heterocycles. The highest BCUT2D eigenvalue weighted by Gasteiger charge is 2.20. The molecule has 0 unspecified atom stereocenters. The Morgan fingerprint density at radius 2 is 1.69 bits per heavy atom. The average Bonchev–Trinajstić information content (AvgIpc) is 3.23. The van der Waals surface area contributed by atoms with Gasteiger partial charge < -0.3 is 10.1 Å². The molecule has 1 N–H and O–H groups in total. The molecule has 4 rings (SSSR count). The number of anilines is 1. The van der Waals surface area contributed by atoms with Crippen LogP contribution >= 0.6 is 11.6 Å². The van der Waals surface area contributed by atoms with Gasteiger partial charge in [0.2, 0.25) is 0 Å². The van der Waals surface area contributed by atoms with E-state index in [0.29, 0.717) is 27.2 Å². The molecule has 0 spiro atoms. The summed E-state index contributed by atoms with van der Waals surface area (Å²) in [4.78, 5) is 25.0. The number of nitrogens with zero attached hydrogens (tertiary/aromatic N) is 1. The minimum Gasteiger partial charge on any atom is -0.460 e. The van der Waals surface area contributed by atoms with Gasteiger partial charge in [-0.3, -0.25) is 9.59 Å². The summed E-state index contributed by atoms with van der Waals surface area (Å²) >= 11 is 5.98. The van der Waals surface area contributed by atoms with E-state index in [9.17, 15) is 18.0 Å². The number of halogens is 1. The fraction of sp³-hybridized carbons (Fsp3) is 0.185. The lowest BCUT2D eigenvalue weighted by Crippen LogP contribution is -2.24. The first-order chi connectivity index (χ1) is 16.9. The van der Waals surface area contributed by atoms with Gasteiger partial charge in [-0.25, -0.2) is 12.4 Å². The van der Waals surface area contributed by atoms with Crippen LogP contribution in [-0.4, -0.2) is 29.9 Å². The zero-order chi connectivity index (χ0) is 26.1. The summed E-state index contributed by atoms with van der Waals surface area (Å²) in [5.74, 6) is -0.729. The van der Waals surface area contributed by atoms with Crippen molar-refractivity contribution in [2.45, 2.75) is 37.7 Å². The van der Waals surface area contributed by atoms with Crippen LogP contribution in [0.2, 0.25) is 5.02 Å². The number of carbonyl (C=O) groups excluding carboxylic acids is 2. The molecule has 0 fully saturated rings. The lowest BCUT2D eigenvalue weighted by Gasteiger charge is -2.19. The van der Waals surface area contributed by atoms with Gasteiger partial charge in [-0.2, -0.15) is 0 Å². The Bertz CT molecular complexity index is 1550. The first-order valence-corrected chi connectivity index (χ1v) is 13.0. The molecule has 36 heavy (non-hydrogen) atoms. The van der Waals surface area contributed by atoms with Gasteiger partial charge in [0.15, 0.2) is 0 Å². The molecular weight excluding hydrogens is 500 g/mol. The summed E-state index contributed by atoms with van der Waals surface area (Å²) in [5.41, 5.74) is 1.40. The van der Waals surface area contributed by atoms with Crippen LogP contribution in [-0.2, 0) is 26.0 Å². The molecular formula is C27H25ClN2O5S. The Labute approximate surface area is 214 Å². The summed E-state index contributed by atoms with van der Waals surface area (Å²) < 4.78 is 32.8. The van der Waals surface area contributed by atoms with Crippen LogP contribution in [0.1, 0.15) is 36.7 Å². The monoisotopic (exact) mass is 524 g/mol. The SMILES string of the molecule is CC(C)(C)OC(=O)Cc1ccc(NC(=O)c2ccc3ccn(S(=O)(=O)c4cccc(Cl)c4)c3c2)cc1. The number of rotatable bonds is 6. The number of aromatic nitrogens is 1. The van der Waals surface area contributed by atoms with Crippen LogP contribution in [0.3, 0.4) is 0 Å². The lowest BCUT2D eigenvalue weighted by atomic mass is 10.1. The molecule has 1 amide bonds. The summed E-state index contributed by atoms with van der Waals surface area (Å²) in [6.45, 7) is 5.43. The Kier molecular flexibility index (Phi) is 6.93. The van der Waals surface area contributed by atoms with E-state index in [1.165, 1.54) is 24.4 Å². The Hall–Kier alpha value is -3.62. The van der Waals surface area contributed by atoms with Gasteiger partial charge in [0, 0.05) is 27.9 Å². The molecule has 0 saturated carbocycles. The number of hydrogen-bond acceptors (Lipinski definition) is 5. The molecule has 0 atom stereocenters. The van der Waals surface area contributed by atoms with Gasteiger partial charge in [0.05, 0.1) is 16.8 Å². The van der Waals surface area contributed by atoms with Crippen molar-refractivity contribution in [3.8, 4) is 0 Å². The van der Waals surface area contributed by atoms with Crippen molar-refractivity contribution in [2.24, 2.45) is 0 Å². The number of benzene rings is 3. The standard InChI is InChI=1S/C27H25ClN2O5S/c1-27(2,3)35-25(31)15-18-7-11-22(12-8-18)29-26(32)20-10-9-19-13-14-30(24(19)16-20)36(33,34)23-6-4-5-21(28)17-23/h4-14,16-17H,15H2,1-3H3,(H,29,32). The minimum atomic E-state index is -3.91. The minimum absolute atomic E-state index is 0.0498. The smallest absolute Gasteiger partial charge is 0.310 e. The fourth-order valence-corrected chi connectivity index (χ4v) is 5.30. The third kappa shape index (κ3) is 5.78. The number of ether oxygens (including phenoxy) is 1. The number of esters is 1. The summed E-state index contributed by atoms with van der Waals surface area (Å²) in [6.07, 6.45) is 1.58. The second kappa shape index (κ2) is 9.79. The van der Waals surface area contributed by atoms with Crippen molar-refractivity contribution < 1.29 is 22.7 Å². The molecule has 0 aliphatic rings. The summed E-state index contributed by atoms with van der Waals surface area (Å²) in [7, 11) is -3.91. The van der Waals surface area contributed by atoms with E-state index in [1.54, 1.807) is 54.6 Å². The van der Waals surface area contributed by atoms with Gasteiger partial charge >= 0.3 is 5.97 Å². The molecule has 0 aliphatic carbocycles. The van der Waals surface area contributed by atoms with Crippen molar-refractivity contribution >= 4 is 50.1 Å². The van der Waals surface area contributed by atoms with Crippen LogP contribution in [0.5, 0.6) is 0 Å². The quantitative estimate of drug-likeness (QED) is 0.328. The maximum absolute atomic E-state index is 13.2. The molecule has 0 bridgehead atoms. The van der Waals surface area contributed by atoms with Crippen LogP contribution in [0.25, 0.3) is 10.9 Å². The van der Waals surface area contributed by atoms with E-state index in [2.05, 4.69) is 5.32 Å². The van der Waals surface area contributed by atoms with Gasteiger partial charge in [-0.15, -0.1) is 0 Å². The van der Waals surface area contributed by atoms with Gasteiger partial charge in [0.25, 0.3) is 15.9 Å². The van der Waals surface area contributed by atoms with Crippen molar-refractivity contribution in [1.82, 2.24) is 3.97 Å². The predicted molar refractivity (Wildman–Crippen MR) is 140 cm³/mol. The fourth-order valence-electron chi connectivity index (χ4n) is 3.65. The highest BCUT2D eigenvalue weighted by atomic mass is 35.5. The van der Waals surface area contributed by atoms with Crippen molar-refractivity contribution in [3.63, 3.8) is 0 Å². The van der Waals surface area contributed by atoms with Crippen LogP contribution in [0.15, 0.2) is 83.9 Å². The van der Waals surface area contributed by atoms with Gasteiger partial charge in [-0.1, -0.05) is 35.9 Å². The third-order valence-electron chi connectivity index (χ3n) is 5.25. The molecule has 3 aromatic carbocycles. The maximum atomic E-state index is 13.2. The first-order valence-electron chi connectivity index (χ1n) is 11.2. The molecule has 4 aromatic rings. The van der Waals surface area contributed by atoms with Crippen molar-refractivity contribution in [2.75, 3.05) is 5.32 Å². The second-order valence-corrected chi connectivity index (χ2v) is 11.5. The van der Waals surface area contributed by atoms with Crippen LogP contribution in [0.4, 0.5) is 5.69 Å². The van der Waals surface area contributed by atoms with Crippen molar-refractivity contribution in [1.29, 1.82) is 0 Å². The van der Waals surface area contributed by atoms with Crippen molar-refractivity contribution in [3.05, 3.63) is 95.1 Å². The van der Waals surface area contributed by atoms with Crippen LogP contribution < -0.4 is 5.32 Å². The largest absolute Gasteiger partial charge is 0.460 e. The van der Waals surface area contributed by atoms with E-state index in [-0.39, 0.29) is 17.3 Å². The number of amides is 1. The molecule has 0 radical (unpaired) electrons. The predicted octanol–water partition coefficient (Wildman–Crippen LogP) is 5.67. The highest BCUT2D eigenvalue weighted by Crippen LogP contribution is 2.25. The maximum Gasteiger partial charge on any atom is 0.310 e. The number of nitrogens with one attached hydrogen (secondary N) is 1. The molecule has 7 nitrogen and oxygen atoms in total. The highest BCUT2D eigenvalue weighted by molar-refractivity contribution is 7.90. The van der Waals surface area contributed by atoms with E-state index in [4.69, 9.17) is 16.3 Å². The Balaban J connectivity index is 1.53.